The fourth-order valence-corrected chi connectivity index (χ4v) is 4.87. The van der Waals surface area contributed by atoms with E-state index in [4.69, 9.17) is 17.0 Å². The Balaban J connectivity index is 1.65. The van der Waals surface area contributed by atoms with Crippen LogP contribution < -0.4 is 15.0 Å². The van der Waals surface area contributed by atoms with Crippen molar-refractivity contribution in [3.8, 4) is 5.75 Å². The van der Waals surface area contributed by atoms with Crippen molar-refractivity contribution in [1.29, 1.82) is 0 Å². The lowest BCUT2D eigenvalue weighted by atomic mass is 9.87. The van der Waals surface area contributed by atoms with Gasteiger partial charge >= 0.3 is 0 Å². The van der Waals surface area contributed by atoms with Crippen molar-refractivity contribution in [2.45, 2.75) is 39.0 Å². The van der Waals surface area contributed by atoms with E-state index in [2.05, 4.69) is 85.6 Å². The van der Waals surface area contributed by atoms with Gasteiger partial charge in [0.2, 0.25) is 0 Å². The molecule has 0 aromatic heterocycles. The second kappa shape index (κ2) is 5.70. The van der Waals surface area contributed by atoms with E-state index >= 15 is 0 Å². The number of aryl methyl sites for hydroxylation is 2. The average Bonchev–Trinajstić information content (AvgIpc) is 2.63. The van der Waals surface area contributed by atoms with Crippen LogP contribution in [0.5, 0.6) is 5.75 Å². The Morgan fingerprint density at radius 1 is 1.07 bits per heavy atom. The third kappa shape index (κ3) is 2.43. The Morgan fingerprint density at radius 2 is 1.89 bits per heavy atom. The molecule has 3 aromatic carbocycles. The van der Waals surface area contributed by atoms with Gasteiger partial charge in [-0.15, -0.1) is 0 Å². The molecule has 1 fully saturated rings. The monoisotopic (exact) mass is 374 g/mol. The van der Waals surface area contributed by atoms with Gasteiger partial charge < -0.3 is 10.1 Å². The maximum atomic E-state index is 6.60. The summed E-state index contributed by atoms with van der Waals surface area (Å²) < 4.78 is 6.60. The molecule has 2 atom stereocenters. The van der Waals surface area contributed by atoms with Gasteiger partial charge in [-0.25, -0.2) is 0 Å². The van der Waals surface area contributed by atoms with Crippen LogP contribution in [0.25, 0.3) is 10.8 Å². The number of nitrogens with one attached hydrogen (secondary N) is 1. The molecule has 5 rings (SSSR count). The first-order chi connectivity index (χ1) is 13.0. The van der Waals surface area contributed by atoms with Crippen LogP contribution in [-0.2, 0) is 0 Å². The number of fused-ring (bicyclic) bond motifs is 6. The Labute approximate surface area is 164 Å². The molecular formula is C23H22N2OS. The minimum Gasteiger partial charge on any atom is -0.467 e. The maximum absolute atomic E-state index is 6.60. The molecule has 2 aliphatic heterocycles. The number of benzene rings is 3. The first kappa shape index (κ1) is 16.6. The predicted octanol–water partition coefficient (Wildman–Crippen LogP) is 5.39. The summed E-state index contributed by atoms with van der Waals surface area (Å²) >= 11 is 5.80. The zero-order chi connectivity index (χ0) is 18.8. The number of anilines is 1. The molecule has 0 radical (unpaired) electrons. The maximum Gasteiger partial charge on any atom is 0.188 e. The summed E-state index contributed by atoms with van der Waals surface area (Å²) in [6.07, 6.45) is 0.834. The fourth-order valence-electron chi connectivity index (χ4n) is 4.43. The van der Waals surface area contributed by atoms with Crippen LogP contribution in [0.4, 0.5) is 5.69 Å². The zero-order valence-electron chi connectivity index (χ0n) is 15.7. The highest BCUT2D eigenvalue weighted by Crippen LogP contribution is 2.48. The van der Waals surface area contributed by atoms with Crippen molar-refractivity contribution in [2.24, 2.45) is 0 Å². The van der Waals surface area contributed by atoms with Gasteiger partial charge in [0.25, 0.3) is 0 Å². The van der Waals surface area contributed by atoms with Crippen LogP contribution in [0.3, 0.4) is 0 Å². The molecule has 0 spiro atoms. The molecule has 2 aliphatic rings. The van der Waals surface area contributed by atoms with Crippen molar-refractivity contribution in [3.05, 3.63) is 71.3 Å². The molecule has 3 aromatic rings. The van der Waals surface area contributed by atoms with E-state index in [0.29, 0.717) is 0 Å². The van der Waals surface area contributed by atoms with Gasteiger partial charge in [0.15, 0.2) is 10.8 Å². The van der Waals surface area contributed by atoms with Gasteiger partial charge in [0, 0.05) is 17.7 Å². The van der Waals surface area contributed by atoms with Crippen LogP contribution in [-0.4, -0.2) is 10.8 Å². The summed E-state index contributed by atoms with van der Waals surface area (Å²) in [7, 11) is 0. The number of nitrogens with zero attached hydrogens (tertiary/aromatic N) is 1. The molecule has 1 saturated heterocycles. The van der Waals surface area contributed by atoms with E-state index in [1.54, 1.807) is 0 Å². The molecule has 1 N–H and O–H groups in total. The number of ether oxygens (including phenoxy) is 1. The average molecular weight is 375 g/mol. The van der Waals surface area contributed by atoms with Gasteiger partial charge in [-0.2, -0.15) is 0 Å². The Bertz CT molecular complexity index is 1090. The molecule has 2 unspecified atom stereocenters. The van der Waals surface area contributed by atoms with E-state index < -0.39 is 5.72 Å². The summed E-state index contributed by atoms with van der Waals surface area (Å²) in [5.41, 5.74) is 4.31. The highest BCUT2D eigenvalue weighted by Gasteiger charge is 2.48. The summed E-state index contributed by atoms with van der Waals surface area (Å²) in [5.74, 6) is 0.941. The summed E-state index contributed by atoms with van der Waals surface area (Å²) in [4.78, 5) is 2.13. The number of hydrogen-bond donors (Lipinski definition) is 1. The molecule has 2 bridgehead atoms. The lowest BCUT2D eigenvalue weighted by Crippen LogP contribution is -2.65. The quantitative estimate of drug-likeness (QED) is 0.577. The predicted molar refractivity (Wildman–Crippen MR) is 114 cm³/mol. The highest BCUT2D eigenvalue weighted by atomic mass is 32.1. The summed E-state index contributed by atoms with van der Waals surface area (Å²) in [5, 5.41) is 6.76. The molecule has 0 saturated carbocycles. The first-order valence-electron chi connectivity index (χ1n) is 9.35. The van der Waals surface area contributed by atoms with E-state index in [1.807, 2.05) is 0 Å². The van der Waals surface area contributed by atoms with E-state index in [1.165, 1.54) is 27.5 Å². The lowest BCUT2D eigenvalue weighted by molar-refractivity contribution is 0.0505. The highest BCUT2D eigenvalue weighted by molar-refractivity contribution is 7.80. The van der Waals surface area contributed by atoms with Gasteiger partial charge in [0.1, 0.15) is 5.75 Å². The van der Waals surface area contributed by atoms with Crippen LogP contribution in [0.15, 0.2) is 54.6 Å². The van der Waals surface area contributed by atoms with E-state index in [0.717, 1.165) is 23.0 Å². The molecule has 4 heteroatoms. The Kier molecular flexibility index (Phi) is 3.50. The second-order valence-corrected chi connectivity index (χ2v) is 8.17. The minimum atomic E-state index is -0.510. The third-order valence-corrected chi connectivity index (χ3v) is 6.21. The Morgan fingerprint density at radius 3 is 2.70 bits per heavy atom. The van der Waals surface area contributed by atoms with Gasteiger partial charge in [-0.1, -0.05) is 36.4 Å². The molecule has 136 valence electrons. The van der Waals surface area contributed by atoms with Crippen molar-refractivity contribution < 1.29 is 4.74 Å². The number of rotatable bonds is 1. The molecule has 27 heavy (non-hydrogen) atoms. The molecule has 2 heterocycles. The standard InChI is InChI=1S/C23H22N2OS/c1-14-8-10-17(12-15(14)2)25-22(27)24-19-13-23(25,3)26-20-11-9-16-6-4-5-7-18(16)21(19)20/h4-12,19H,13H2,1-3H3,(H,24,27). The van der Waals surface area contributed by atoms with Crippen molar-refractivity contribution >= 4 is 33.8 Å². The number of hydrogen-bond acceptors (Lipinski definition) is 2. The largest absolute Gasteiger partial charge is 0.467 e. The van der Waals surface area contributed by atoms with E-state index in [-0.39, 0.29) is 6.04 Å². The molecule has 0 amide bonds. The first-order valence-corrected chi connectivity index (χ1v) is 9.76. The third-order valence-electron chi connectivity index (χ3n) is 5.91. The van der Waals surface area contributed by atoms with Crippen LogP contribution in [0, 0.1) is 13.8 Å². The van der Waals surface area contributed by atoms with Crippen LogP contribution in [0.2, 0.25) is 0 Å². The summed E-state index contributed by atoms with van der Waals surface area (Å²) in [6, 6.07) is 19.3. The van der Waals surface area contributed by atoms with Crippen molar-refractivity contribution in [3.63, 3.8) is 0 Å². The van der Waals surface area contributed by atoms with Crippen LogP contribution >= 0.6 is 12.2 Å². The molecular weight excluding hydrogens is 352 g/mol. The lowest BCUT2D eigenvalue weighted by Gasteiger charge is -2.52. The van der Waals surface area contributed by atoms with Gasteiger partial charge in [-0.3, -0.25) is 4.90 Å². The second-order valence-electron chi connectivity index (χ2n) is 7.79. The SMILES string of the molecule is Cc1ccc(N2C(=S)NC3CC2(C)Oc2ccc4ccccc4c23)cc1C. The van der Waals surface area contributed by atoms with Crippen molar-refractivity contribution in [1.82, 2.24) is 5.32 Å². The number of thiocarbonyl (C=S) groups is 1. The fraction of sp³-hybridized carbons (Fsp3) is 0.261. The van der Waals surface area contributed by atoms with Crippen molar-refractivity contribution in [2.75, 3.05) is 4.90 Å². The van der Waals surface area contributed by atoms with E-state index in [9.17, 15) is 0 Å². The smallest absolute Gasteiger partial charge is 0.188 e. The van der Waals surface area contributed by atoms with Gasteiger partial charge in [-0.05, 0) is 73.1 Å². The molecule has 0 aliphatic carbocycles. The zero-order valence-corrected chi connectivity index (χ0v) is 16.6. The molecule has 3 nitrogen and oxygen atoms in total. The van der Waals surface area contributed by atoms with Gasteiger partial charge in [0.05, 0.1) is 6.04 Å². The minimum absolute atomic E-state index is 0.153. The normalized spacial score (nSPS) is 23.6. The Hall–Kier alpha value is -2.59. The van der Waals surface area contributed by atoms with Crippen LogP contribution in [0.1, 0.15) is 36.1 Å². The topological polar surface area (TPSA) is 24.5 Å². The summed E-state index contributed by atoms with van der Waals surface area (Å²) in [6.45, 7) is 6.40.